The van der Waals surface area contributed by atoms with Crippen molar-refractivity contribution in [3.8, 4) is 0 Å². The summed E-state index contributed by atoms with van der Waals surface area (Å²) in [5.74, 6) is 0.857. The zero-order valence-corrected chi connectivity index (χ0v) is 15.6. The first-order valence-corrected chi connectivity index (χ1v) is 8.24. The van der Waals surface area contributed by atoms with Gasteiger partial charge in [-0.05, 0) is 49.1 Å². The molecule has 1 amide bonds. The molecule has 1 aliphatic heterocycles. The number of nitrogens with two attached hydrogens (primary N) is 1. The second-order valence-electron chi connectivity index (χ2n) is 6.46. The molecule has 0 spiro atoms. The predicted octanol–water partition coefficient (Wildman–Crippen LogP) is 3.99. The lowest BCUT2D eigenvalue weighted by Gasteiger charge is -2.38. The van der Waals surface area contributed by atoms with Crippen LogP contribution in [0.15, 0.2) is 48.5 Å². The van der Waals surface area contributed by atoms with E-state index in [1.54, 1.807) is 12.1 Å². The number of carbonyl (C=O) groups excluding carboxylic acids is 1. The second-order valence-corrected chi connectivity index (χ2v) is 6.46. The number of anilines is 3. The fourth-order valence-corrected chi connectivity index (χ4v) is 3.26. The van der Waals surface area contributed by atoms with Crippen molar-refractivity contribution < 1.29 is 4.79 Å². The molecule has 134 valence electrons. The Morgan fingerprint density at radius 2 is 1.72 bits per heavy atom. The number of benzene rings is 2. The average molecular weight is 380 g/mol. The maximum atomic E-state index is 12.9. The van der Waals surface area contributed by atoms with Crippen LogP contribution < -0.4 is 15.5 Å². The van der Waals surface area contributed by atoms with E-state index in [1.165, 1.54) is 18.5 Å². The van der Waals surface area contributed by atoms with Gasteiger partial charge in [-0.3, -0.25) is 4.79 Å². The molecule has 2 aliphatic rings. The van der Waals surface area contributed by atoms with Crippen molar-refractivity contribution in [1.82, 2.24) is 0 Å². The number of hydrogen-bond donors (Lipinski definition) is 1. The molecule has 0 radical (unpaired) electrons. The van der Waals surface area contributed by atoms with Gasteiger partial charge < -0.3 is 15.5 Å². The van der Waals surface area contributed by atoms with E-state index < -0.39 is 0 Å². The largest absolute Gasteiger partial charge is 0.399 e. The van der Waals surface area contributed by atoms with Gasteiger partial charge in [0, 0.05) is 30.9 Å². The van der Waals surface area contributed by atoms with E-state index in [9.17, 15) is 4.79 Å². The molecule has 2 aromatic carbocycles. The lowest BCUT2D eigenvalue weighted by atomic mass is 10.1. The number of hydrogen-bond acceptors (Lipinski definition) is 3. The van der Waals surface area contributed by atoms with Crippen LogP contribution in [0.3, 0.4) is 0 Å². The number of nitrogens with zero attached hydrogens (tertiary/aromatic N) is 2. The molecule has 6 heteroatoms. The molecular weight excluding hydrogens is 357 g/mol. The van der Waals surface area contributed by atoms with Crippen LogP contribution in [-0.2, 0) is 0 Å². The molecule has 2 aromatic rings. The van der Waals surface area contributed by atoms with Crippen molar-refractivity contribution in [1.29, 1.82) is 0 Å². The summed E-state index contributed by atoms with van der Waals surface area (Å²) in [6, 6.07) is 15.4. The molecule has 25 heavy (non-hydrogen) atoms. The Morgan fingerprint density at radius 1 is 1.00 bits per heavy atom. The molecule has 1 fully saturated rings. The number of carbonyl (C=O) groups is 1. The molecule has 1 aliphatic carbocycles. The first kappa shape index (κ1) is 19.4. The Hall–Kier alpha value is -1.91. The van der Waals surface area contributed by atoms with Gasteiger partial charge >= 0.3 is 0 Å². The van der Waals surface area contributed by atoms with Crippen LogP contribution in [-0.4, -0.2) is 25.5 Å². The molecular formula is C19H23Cl2N3O. The highest BCUT2D eigenvalue weighted by Crippen LogP contribution is 2.37. The highest BCUT2D eigenvalue weighted by Gasteiger charge is 2.31. The number of amides is 1. The number of para-hydroxylation sites is 2. The van der Waals surface area contributed by atoms with Crippen LogP contribution in [0.5, 0.6) is 0 Å². The van der Waals surface area contributed by atoms with Gasteiger partial charge in [0.2, 0.25) is 0 Å². The van der Waals surface area contributed by atoms with Crippen LogP contribution in [0.4, 0.5) is 17.1 Å². The zero-order chi connectivity index (χ0) is 15.8. The lowest BCUT2D eigenvalue weighted by molar-refractivity contribution is 0.0986. The summed E-state index contributed by atoms with van der Waals surface area (Å²) in [6.45, 7) is 2.72. The standard InChI is InChI=1S/C19H21N3O.2ClH/c20-16-5-3-4-15(12-16)19(23)22-11-10-21(13-14-8-9-14)17-6-1-2-7-18(17)22;;/h1-7,12,14H,8-11,13,20H2;2*1H. The Balaban J connectivity index is 0.00000113. The summed E-state index contributed by atoms with van der Waals surface area (Å²) in [6.07, 6.45) is 2.68. The Morgan fingerprint density at radius 3 is 2.40 bits per heavy atom. The first-order valence-electron chi connectivity index (χ1n) is 8.24. The minimum atomic E-state index is 0. The molecule has 0 atom stereocenters. The van der Waals surface area contributed by atoms with Gasteiger partial charge in [-0.2, -0.15) is 0 Å². The maximum absolute atomic E-state index is 12.9. The Kier molecular flexibility index (Phi) is 6.20. The van der Waals surface area contributed by atoms with Gasteiger partial charge in [0.1, 0.15) is 0 Å². The van der Waals surface area contributed by atoms with E-state index in [2.05, 4.69) is 11.0 Å². The summed E-state index contributed by atoms with van der Waals surface area (Å²) < 4.78 is 0. The SMILES string of the molecule is Cl.Cl.Nc1cccc(C(=O)N2CCN(CC3CC3)c3ccccc32)c1. The minimum absolute atomic E-state index is 0. The Bertz CT molecular complexity index is 749. The number of halogens is 2. The number of fused-ring (bicyclic) bond motifs is 1. The third kappa shape index (κ3) is 4.02. The van der Waals surface area contributed by atoms with Crippen LogP contribution in [0.25, 0.3) is 0 Å². The molecule has 0 bridgehead atoms. The number of nitrogen functional groups attached to an aromatic ring is 1. The quantitative estimate of drug-likeness (QED) is 0.820. The van der Waals surface area contributed by atoms with Crippen LogP contribution >= 0.6 is 24.8 Å². The number of rotatable bonds is 3. The summed E-state index contributed by atoms with van der Waals surface area (Å²) in [5, 5.41) is 0. The molecule has 4 rings (SSSR count). The smallest absolute Gasteiger partial charge is 0.258 e. The molecule has 1 heterocycles. The lowest BCUT2D eigenvalue weighted by Crippen LogP contribution is -2.44. The molecule has 1 saturated carbocycles. The van der Waals surface area contributed by atoms with Crippen LogP contribution in [0, 0.1) is 5.92 Å². The monoisotopic (exact) mass is 379 g/mol. The van der Waals surface area contributed by atoms with Gasteiger partial charge in [0.15, 0.2) is 0 Å². The van der Waals surface area contributed by atoms with Gasteiger partial charge in [0.05, 0.1) is 11.4 Å². The third-order valence-corrected chi connectivity index (χ3v) is 4.66. The first-order chi connectivity index (χ1) is 11.2. The highest BCUT2D eigenvalue weighted by atomic mass is 35.5. The average Bonchev–Trinajstić information content (AvgIpc) is 3.39. The van der Waals surface area contributed by atoms with Crippen molar-refractivity contribution in [2.24, 2.45) is 5.92 Å². The minimum Gasteiger partial charge on any atom is -0.399 e. The summed E-state index contributed by atoms with van der Waals surface area (Å²) >= 11 is 0. The van der Waals surface area contributed by atoms with Crippen LogP contribution in [0.1, 0.15) is 23.2 Å². The van der Waals surface area contributed by atoms with Crippen molar-refractivity contribution >= 4 is 47.8 Å². The van der Waals surface area contributed by atoms with Gasteiger partial charge in [-0.25, -0.2) is 0 Å². The summed E-state index contributed by atoms with van der Waals surface area (Å²) in [5.41, 5.74) is 9.27. The Labute approximate surface area is 160 Å². The predicted molar refractivity (Wildman–Crippen MR) is 108 cm³/mol. The van der Waals surface area contributed by atoms with Crippen molar-refractivity contribution in [2.45, 2.75) is 12.8 Å². The molecule has 0 unspecified atom stereocenters. The third-order valence-electron chi connectivity index (χ3n) is 4.66. The fraction of sp³-hybridized carbons (Fsp3) is 0.316. The van der Waals surface area contributed by atoms with Gasteiger partial charge in [0.25, 0.3) is 5.91 Å². The summed E-state index contributed by atoms with van der Waals surface area (Å²) in [7, 11) is 0. The van der Waals surface area contributed by atoms with Crippen molar-refractivity contribution in [3.05, 3.63) is 54.1 Å². The van der Waals surface area contributed by atoms with Crippen molar-refractivity contribution in [3.63, 3.8) is 0 Å². The summed E-state index contributed by atoms with van der Waals surface area (Å²) in [4.78, 5) is 17.2. The van der Waals surface area contributed by atoms with E-state index in [1.807, 2.05) is 35.2 Å². The topological polar surface area (TPSA) is 49.6 Å². The van der Waals surface area contributed by atoms with E-state index in [-0.39, 0.29) is 30.7 Å². The molecule has 0 saturated heterocycles. The van der Waals surface area contributed by atoms with E-state index >= 15 is 0 Å². The molecule has 2 N–H and O–H groups in total. The van der Waals surface area contributed by atoms with E-state index in [0.29, 0.717) is 11.3 Å². The highest BCUT2D eigenvalue weighted by molar-refractivity contribution is 6.08. The second kappa shape index (κ2) is 7.98. The van der Waals surface area contributed by atoms with Crippen molar-refractivity contribution in [2.75, 3.05) is 35.2 Å². The molecule has 4 nitrogen and oxygen atoms in total. The molecule has 0 aromatic heterocycles. The fourth-order valence-electron chi connectivity index (χ4n) is 3.26. The maximum Gasteiger partial charge on any atom is 0.258 e. The van der Waals surface area contributed by atoms with E-state index in [4.69, 9.17) is 5.73 Å². The van der Waals surface area contributed by atoms with Crippen LogP contribution in [0.2, 0.25) is 0 Å². The normalized spacial score (nSPS) is 15.7. The van der Waals surface area contributed by atoms with E-state index in [0.717, 1.165) is 31.2 Å². The van der Waals surface area contributed by atoms with Gasteiger partial charge in [-0.1, -0.05) is 18.2 Å². The zero-order valence-electron chi connectivity index (χ0n) is 13.9. The van der Waals surface area contributed by atoms with Gasteiger partial charge in [-0.15, -0.1) is 24.8 Å².